The lowest BCUT2D eigenvalue weighted by atomic mass is 9.96. The first-order valence-electron chi connectivity index (χ1n) is 7.62. The summed E-state index contributed by atoms with van der Waals surface area (Å²) in [6.07, 6.45) is 8.51. The van der Waals surface area contributed by atoms with Crippen LogP contribution >= 0.6 is 0 Å². The molecular weight excluding hydrogens is 248 g/mol. The molecule has 0 radical (unpaired) electrons. The van der Waals surface area contributed by atoms with Crippen molar-refractivity contribution in [1.29, 1.82) is 0 Å². The van der Waals surface area contributed by atoms with E-state index >= 15 is 0 Å². The molecule has 1 aliphatic carbocycles. The second kappa shape index (κ2) is 6.23. The van der Waals surface area contributed by atoms with Gasteiger partial charge in [-0.15, -0.1) is 0 Å². The van der Waals surface area contributed by atoms with E-state index in [9.17, 15) is 4.79 Å². The van der Waals surface area contributed by atoms with E-state index in [1.165, 1.54) is 29.5 Å². The smallest absolute Gasteiger partial charge is 0.228 e. The number of benzene rings is 1. The molecule has 1 amide bonds. The number of rotatable bonds is 3. The van der Waals surface area contributed by atoms with Gasteiger partial charge in [-0.25, -0.2) is 0 Å². The molecule has 0 aromatic heterocycles. The van der Waals surface area contributed by atoms with E-state index in [1.54, 1.807) is 0 Å². The van der Waals surface area contributed by atoms with Crippen molar-refractivity contribution in [2.24, 2.45) is 0 Å². The van der Waals surface area contributed by atoms with Crippen molar-refractivity contribution in [3.05, 3.63) is 41.0 Å². The molecule has 0 unspecified atom stereocenters. The normalized spacial score (nSPS) is 18.1. The maximum absolute atomic E-state index is 12.2. The van der Waals surface area contributed by atoms with Gasteiger partial charge >= 0.3 is 0 Å². The number of fused-ring (bicyclic) bond motifs is 1. The summed E-state index contributed by atoms with van der Waals surface area (Å²) in [7, 11) is 0. The molecular formula is C17H22N2O. The number of anilines is 1. The van der Waals surface area contributed by atoms with Crippen LogP contribution in [0.2, 0.25) is 0 Å². The van der Waals surface area contributed by atoms with Gasteiger partial charge in [0.25, 0.3) is 0 Å². The Kier molecular flexibility index (Phi) is 4.16. The van der Waals surface area contributed by atoms with Crippen LogP contribution in [0.15, 0.2) is 29.8 Å². The minimum atomic E-state index is 0.130. The van der Waals surface area contributed by atoms with Crippen molar-refractivity contribution in [2.75, 3.05) is 11.9 Å². The Balaban J connectivity index is 1.68. The molecule has 0 bridgehead atoms. The molecule has 0 atom stereocenters. The van der Waals surface area contributed by atoms with E-state index in [4.69, 9.17) is 0 Å². The Labute approximate surface area is 120 Å². The number of hydrogen-bond acceptors (Lipinski definition) is 2. The van der Waals surface area contributed by atoms with Gasteiger partial charge in [-0.1, -0.05) is 23.8 Å². The quantitative estimate of drug-likeness (QED) is 0.828. The van der Waals surface area contributed by atoms with E-state index in [0.29, 0.717) is 6.42 Å². The lowest BCUT2D eigenvalue weighted by molar-refractivity contribution is -0.115. The van der Waals surface area contributed by atoms with Crippen LogP contribution in [0, 0.1) is 0 Å². The van der Waals surface area contributed by atoms with Crippen LogP contribution in [0.1, 0.15) is 43.2 Å². The Bertz CT molecular complexity index is 534. The van der Waals surface area contributed by atoms with E-state index in [2.05, 4.69) is 22.8 Å². The van der Waals surface area contributed by atoms with Crippen LogP contribution in [0.5, 0.6) is 0 Å². The van der Waals surface area contributed by atoms with Gasteiger partial charge in [-0.3, -0.25) is 4.79 Å². The molecule has 3 heteroatoms. The fourth-order valence-corrected chi connectivity index (χ4v) is 3.11. The minimum Gasteiger partial charge on any atom is -0.326 e. The molecule has 1 aromatic carbocycles. The van der Waals surface area contributed by atoms with Gasteiger partial charge in [0.05, 0.1) is 0 Å². The first kappa shape index (κ1) is 13.4. The first-order valence-corrected chi connectivity index (χ1v) is 7.62. The van der Waals surface area contributed by atoms with Crippen LogP contribution in [0.4, 0.5) is 5.69 Å². The summed E-state index contributed by atoms with van der Waals surface area (Å²) < 4.78 is 0. The summed E-state index contributed by atoms with van der Waals surface area (Å²) in [6, 6.07) is 6.19. The second-order valence-electron chi connectivity index (χ2n) is 5.70. The van der Waals surface area contributed by atoms with Crippen LogP contribution in [-0.4, -0.2) is 12.5 Å². The molecule has 1 aromatic rings. The van der Waals surface area contributed by atoms with Crippen molar-refractivity contribution in [2.45, 2.75) is 45.1 Å². The van der Waals surface area contributed by atoms with Crippen molar-refractivity contribution in [3.63, 3.8) is 0 Å². The Morgan fingerprint density at radius 2 is 2.20 bits per heavy atom. The molecule has 106 valence electrons. The summed E-state index contributed by atoms with van der Waals surface area (Å²) in [5, 5.41) is 6.48. The van der Waals surface area contributed by atoms with Crippen LogP contribution in [-0.2, 0) is 17.8 Å². The van der Waals surface area contributed by atoms with Crippen LogP contribution < -0.4 is 10.6 Å². The molecule has 20 heavy (non-hydrogen) atoms. The average molecular weight is 270 g/mol. The highest BCUT2D eigenvalue weighted by Crippen LogP contribution is 2.25. The van der Waals surface area contributed by atoms with E-state index in [1.807, 2.05) is 12.1 Å². The van der Waals surface area contributed by atoms with Gasteiger partial charge in [-0.2, -0.15) is 0 Å². The molecule has 2 N–H and O–H groups in total. The summed E-state index contributed by atoms with van der Waals surface area (Å²) in [5.74, 6) is 0.130. The highest BCUT2D eigenvalue weighted by molar-refractivity contribution is 5.93. The third kappa shape index (κ3) is 3.10. The molecule has 2 aliphatic rings. The van der Waals surface area contributed by atoms with Crippen molar-refractivity contribution in [1.82, 2.24) is 5.32 Å². The predicted octanol–water partition coefficient (Wildman–Crippen LogP) is 3.16. The number of carbonyl (C=O) groups is 1. The SMILES string of the molecule is O=C(CC1=CCCCC1)Nc1cccc2c1CCNC2. The minimum absolute atomic E-state index is 0.130. The highest BCUT2D eigenvalue weighted by atomic mass is 16.1. The van der Waals surface area contributed by atoms with E-state index in [-0.39, 0.29) is 5.91 Å². The topological polar surface area (TPSA) is 41.1 Å². The zero-order chi connectivity index (χ0) is 13.8. The van der Waals surface area contributed by atoms with Gasteiger partial charge in [0.2, 0.25) is 5.91 Å². The maximum Gasteiger partial charge on any atom is 0.228 e. The molecule has 0 saturated carbocycles. The van der Waals surface area contributed by atoms with Crippen molar-refractivity contribution >= 4 is 11.6 Å². The predicted molar refractivity (Wildman–Crippen MR) is 81.7 cm³/mol. The zero-order valence-electron chi connectivity index (χ0n) is 11.9. The number of carbonyl (C=O) groups excluding carboxylic acids is 1. The largest absolute Gasteiger partial charge is 0.326 e. The van der Waals surface area contributed by atoms with E-state index in [0.717, 1.165) is 38.0 Å². The first-order chi connectivity index (χ1) is 9.83. The number of allylic oxidation sites excluding steroid dienone is 1. The molecule has 1 heterocycles. The number of amides is 1. The Morgan fingerprint density at radius 3 is 3.05 bits per heavy atom. The maximum atomic E-state index is 12.2. The molecule has 0 fully saturated rings. The summed E-state index contributed by atoms with van der Waals surface area (Å²) >= 11 is 0. The lowest BCUT2D eigenvalue weighted by Crippen LogP contribution is -2.25. The molecule has 3 nitrogen and oxygen atoms in total. The number of hydrogen-bond donors (Lipinski definition) is 2. The standard InChI is InChI=1S/C17H22N2O/c20-17(11-13-5-2-1-3-6-13)19-16-8-4-7-14-12-18-10-9-15(14)16/h4-5,7-8,18H,1-3,6,9-12H2,(H,19,20). The molecule has 0 spiro atoms. The third-order valence-electron chi connectivity index (χ3n) is 4.19. The monoisotopic (exact) mass is 270 g/mol. The lowest BCUT2D eigenvalue weighted by Gasteiger charge is -2.21. The van der Waals surface area contributed by atoms with Crippen LogP contribution in [0.25, 0.3) is 0 Å². The molecule has 3 rings (SSSR count). The second-order valence-corrected chi connectivity index (χ2v) is 5.70. The zero-order valence-corrected chi connectivity index (χ0v) is 11.9. The Hall–Kier alpha value is -1.61. The van der Waals surface area contributed by atoms with Crippen molar-refractivity contribution < 1.29 is 4.79 Å². The van der Waals surface area contributed by atoms with E-state index < -0.39 is 0 Å². The van der Waals surface area contributed by atoms with Gasteiger partial charge in [-0.05, 0) is 55.8 Å². The van der Waals surface area contributed by atoms with Gasteiger partial charge in [0, 0.05) is 18.7 Å². The summed E-state index contributed by atoms with van der Waals surface area (Å²) in [4.78, 5) is 12.2. The van der Waals surface area contributed by atoms with Gasteiger partial charge in [0.15, 0.2) is 0 Å². The third-order valence-corrected chi connectivity index (χ3v) is 4.19. The fourth-order valence-electron chi connectivity index (χ4n) is 3.11. The molecule has 0 saturated heterocycles. The van der Waals surface area contributed by atoms with Gasteiger partial charge < -0.3 is 10.6 Å². The number of nitrogens with one attached hydrogen (secondary N) is 2. The van der Waals surface area contributed by atoms with Gasteiger partial charge in [0.1, 0.15) is 0 Å². The van der Waals surface area contributed by atoms with Crippen LogP contribution in [0.3, 0.4) is 0 Å². The van der Waals surface area contributed by atoms with Crippen molar-refractivity contribution in [3.8, 4) is 0 Å². The Morgan fingerprint density at radius 1 is 1.25 bits per heavy atom. The summed E-state index contributed by atoms with van der Waals surface area (Å²) in [6.45, 7) is 1.90. The fraction of sp³-hybridized carbons (Fsp3) is 0.471. The average Bonchev–Trinajstić information content (AvgIpc) is 2.48. The highest BCUT2D eigenvalue weighted by Gasteiger charge is 2.15. The molecule has 1 aliphatic heterocycles. The summed E-state index contributed by atoms with van der Waals surface area (Å²) in [5.41, 5.74) is 4.92.